The highest BCUT2D eigenvalue weighted by Gasteiger charge is 2.17. The van der Waals surface area contributed by atoms with Crippen LogP contribution < -0.4 is 5.32 Å². The summed E-state index contributed by atoms with van der Waals surface area (Å²) in [6.45, 7) is 2.39. The van der Waals surface area contributed by atoms with E-state index in [0.29, 0.717) is 12.1 Å². The Morgan fingerprint density at radius 2 is 2.06 bits per heavy atom. The van der Waals surface area contributed by atoms with Crippen molar-refractivity contribution in [3.05, 3.63) is 41.2 Å². The predicted molar refractivity (Wildman–Crippen MR) is 66.1 cm³/mol. The van der Waals surface area contributed by atoms with Gasteiger partial charge in [-0.1, -0.05) is 0 Å². The van der Waals surface area contributed by atoms with Crippen LogP contribution >= 0.6 is 0 Å². The van der Waals surface area contributed by atoms with Crippen LogP contribution in [0.5, 0.6) is 0 Å². The van der Waals surface area contributed by atoms with Crippen LogP contribution in [-0.4, -0.2) is 16.8 Å². The number of nitrogens with one attached hydrogen (secondary N) is 1. The van der Waals surface area contributed by atoms with Crippen molar-refractivity contribution in [1.82, 2.24) is 15.1 Å². The number of hydrogen-bond donors (Lipinski definition) is 1. The van der Waals surface area contributed by atoms with Crippen LogP contribution in [0.3, 0.4) is 0 Å². The summed E-state index contributed by atoms with van der Waals surface area (Å²) < 4.78 is 28.5. The van der Waals surface area contributed by atoms with Crippen molar-refractivity contribution in [2.75, 3.05) is 7.05 Å². The normalized spacial score (nSPS) is 10.9. The summed E-state index contributed by atoms with van der Waals surface area (Å²) in [4.78, 5) is 0. The van der Waals surface area contributed by atoms with Gasteiger partial charge in [0.1, 0.15) is 11.6 Å². The molecule has 5 heteroatoms. The maximum atomic E-state index is 13.8. The first-order valence-corrected chi connectivity index (χ1v) is 5.67. The summed E-state index contributed by atoms with van der Waals surface area (Å²) in [5.74, 6) is -1.14. The Morgan fingerprint density at radius 3 is 2.67 bits per heavy atom. The highest BCUT2D eigenvalue weighted by atomic mass is 19.1. The van der Waals surface area contributed by atoms with Gasteiger partial charge in [0.05, 0.1) is 11.4 Å². The highest BCUT2D eigenvalue weighted by molar-refractivity contribution is 5.69. The number of hydrogen-bond acceptors (Lipinski definition) is 2. The van der Waals surface area contributed by atoms with Crippen LogP contribution in [-0.2, 0) is 13.6 Å². The molecule has 0 saturated heterocycles. The van der Waals surface area contributed by atoms with E-state index < -0.39 is 11.6 Å². The van der Waals surface area contributed by atoms with Crippen molar-refractivity contribution >= 4 is 0 Å². The Balaban J connectivity index is 2.62. The molecule has 1 heterocycles. The zero-order chi connectivity index (χ0) is 13.3. The Morgan fingerprint density at radius 1 is 1.33 bits per heavy atom. The van der Waals surface area contributed by atoms with Gasteiger partial charge in [-0.3, -0.25) is 4.68 Å². The second-order valence-corrected chi connectivity index (χ2v) is 4.19. The SMILES string of the molecule is CNCc1c(-c2ccc(F)cc2F)c(C)nn1C. The average Bonchev–Trinajstić information content (AvgIpc) is 2.56. The van der Waals surface area contributed by atoms with Gasteiger partial charge in [-0.25, -0.2) is 8.78 Å². The van der Waals surface area contributed by atoms with E-state index in [1.165, 1.54) is 12.1 Å². The number of benzene rings is 1. The number of nitrogens with zero attached hydrogens (tertiary/aromatic N) is 2. The van der Waals surface area contributed by atoms with Gasteiger partial charge in [0.2, 0.25) is 0 Å². The lowest BCUT2D eigenvalue weighted by Gasteiger charge is -2.07. The minimum absolute atomic E-state index is 0.382. The third kappa shape index (κ3) is 2.13. The zero-order valence-electron chi connectivity index (χ0n) is 10.6. The molecule has 0 atom stereocenters. The molecule has 0 bridgehead atoms. The number of halogens is 2. The zero-order valence-corrected chi connectivity index (χ0v) is 10.6. The first kappa shape index (κ1) is 12.7. The summed E-state index contributed by atoms with van der Waals surface area (Å²) in [5, 5.41) is 7.31. The van der Waals surface area contributed by atoms with E-state index in [9.17, 15) is 8.78 Å². The summed E-state index contributed by atoms with van der Waals surface area (Å²) in [7, 11) is 3.62. The molecule has 0 unspecified atom stereocenters. The molecule has 1 aromatic heterocycles. The van der Waals surface area contributed by atoms with Crippen molar-refractivity contribution in [2.24, 2.45) is 7.05 Å². The molecule has 96 valence electrons. The van der Waals surface area contributed by atoms with E-state index in [0.717, 1.165) is 23.0 Å². The van der Waals surface area contributed by atoms with Gasteiger partial charge >= 0.3 is 0 Å². The molecule has 0 radical (unpaired) electrons. The molecule has 0 aliphatic rings. The lowest BCUT2D eigenvalue weighted by molar-refractivity contribution is 0.585. The second-order valence-electron chi connectivity index (χ2n) is 4.19. The van der Waals surface area contributed by atoms with Crippen molar-refractivity contribution in [3.8, 4) is 11.1 Å². The highest BCUT2D eigenvalue weighted by Crippen LogP contribution is 2.29. The third-order valence-electron chi connectivity index (χ3n) is 2.89. The summed E-state index contributed by atoms with van der Waals surface area (Å²) >= 11 is 0. The number of rotatable bonds is 3. The first-order valence-electron chi connectivity index (χ1n) is 5.67. The molecule has 1 aromatic carbocycles. The first-order chi connectivity index (χ1) is 8.54. The Bertz CT molecular complexity index is 576. The van der Waals surface area contributed by atoms with Crippen molar-refractivity contribution in [3.63, 3.8) is 0 Å². The van der Waals surface area contributed by atoms with Crippen molar-refractivity contribution < 1.29 is 8.78 Å². The fraction of sp³-hybridized carbons (Fsp3) is 0.308. The Labute approximate surface area is 104 Å². The van der Waals surface area contributed by atoms with Crippen molar-refractivity contribution in [2.45, 2.75) is 13.5 Å². The maximum Gasteiger partial charge on any atom is 0.134 e. The molecule has 3 nitrogen and oxygen atoms in total. The molecule has 0 aliphatic carbocycles. The fourth-order valence-electron chi connectivity index (χ4n) is 2.12. The van der Waals surface area contributed by atoms with Crippen LogP contribution in [0.1, 0.15) is 11.4 Å². The quantitative estimate of drug-likeness (QED) is 0.907. The smallest absolute Gasteiger partial charge is 0.134 e. The van der Waals surface area contributed by atoms with Crippen LogP contribution in [0.25, 0.3) is 11.1 Å². The topological polar surface area (TPSA) is 29.9 Å². The van der Waals surface area contributed by atoms with Crippen LogP contribution in [0.2, 0.25) is 0 Å². The molecule has 0 fully saturated rings. The Kier molecular flexibility index (Phi) is 3.43. The van der Waals surface area contributed by atoms with E-state index in [4.69, 9.17) is 0 Å². The monoisotopic (exact) mass is 251 g/mol. The largest absolute Gasteiger partial charge is 0.314 e. The minimum atomic E-state index is -0.576. The van der Waals surface area contributed by atoms with E-state index in [-0.39, 0.29) is 0 Å². The molecular weight excluding hydrogens is 236 g/mol. The van der Waals surface area contributed by atoms with E-state index in [1.807, 2.05) is 21.0 Å². The Hall–Kier alpha value is -1.75. The summed E-state index contributed by atoms with van der Waals surface area (Å²) in [5.41, 5.74) is 2.71. The van der Waals surface area contributed by atoms with Gasteiger partial charge in [0, 0.05) is 30.8 Å². The molecule has 0 aliphatic heterocycles. The summed E-state index contributed by atoms with van der Waals surface area (Å²) in [6.07, 6.45) is 0. The fourth-order valence-corrected chi connectivity index (χ4v) is 2.12. The molecule has 0 spiro atoms. The molecule has 18 heavy (non-hydrogen) atoms. The van der Waals surface area contributed by atoms with Gasteiger partial charge < -0.3 is 5.32 Å². The van der Waals surface area contributed by atoms with Gasteiger partial charge in [-0.05, 0) is 26.1 Å². The predicted octanol–water partition coefficient (Wildman–Crippen LogP) is 2.39. The van der Waals surface area contributed by atoms with Crippen LogP contribution in [0.15, 0.2) is 18.2 Å². The maximum absolute atomic E-state index is 13.8. The lowest BCUT2D eigenvalue weighted by Crippen LogP contribution is -2.10. The van der Waals surface area contributed by atoms with Gasteiger partial charge in [-0.15, -0.1) is 0 Å². The third-order valence-corrected chi connectivity index (χ3v) is 2.89. The van der Waals surface area contributed by atoms with Gasteiger partial charge in [0.15, 0.2) is 0 Å². The van der Waals surface area contributed by atoms with Crippen molar-refractivity contribution in [1.29, 1.82) is 0 Å². The minimum Gasteiger partial charge on any atom is -0.314 e. The van der Waals surface area contributed by atoms with E-state index in [1.54, 1.807) is 4.68 Å². The molecule has 2 aromatic rings. The molecule has 1 N–H and O–H groups in total. The van der Waals surface area contributed by atoms with Gasteiger partial charge in [0.25, 0.3) is 0 Å². The van der Waals surface area contributed by atoms with Gasteiger partial charge in [-0.2, -0.15) is 5.10 Å². The average molecular weight is 251 g/mol. The number of aromatic nitrogens is 2. The van der Waals surface area contributed by atoms with Crippen LogP contribution in [0, 0.1) is 18.6 Å². The van der Waals surface area contributed by atoms with E-state index in [2.05, 4.69) is 10.4 Å². The molecule has 0 amide bonds. The molecule has 0 saturated carbocycles. The summed E-state index contributed by atoms with van der Waals surface area (Å²) in [6, 6.07) is 3.60. The molecular formula is C13H15F2N3. The number of aryl methyl sites for hydroxylation is 2. The second kappa shape index (κ2) is 4.86. The standard InChI is InChI=1S/C13H15F2N3/c1-8-13(12(7-16-2)18(3)17-8)10-5-4-9(14)6-11(10)15/h4-6,16H,7H2,1-3H3. The lowest BCUT2D eigenvalue weighted by atomic mass is 10.0. The van der Waals surface area contributed by atoms with Crippen LogP contribution in [0.4, 0.5) is 8.78 Å². The van der Waals surface area contributed by atoms with E-state index >= 15 is 0 Å². The molecule has 2 rings (SSSR count).